The predicted octanol–water partition coefficient (Wildman–Crippen LogP) is 0.791. The van der Waals surface area contributed by atoms with E-state index in [9.17, 15) is 14.7 Å². The Morgan fingerprint density at radius 3 is 2.59 bits per heavy atom. The number of nitrogens with zero attached hydrogens (tertiary/aromatic N) is 1. The molecule has 2 N–H and O–H groups in total. The Balaban J connectivity index is 2.33. The Labute approximate surface area is 98.3 Å². The molecule has 1 aromatic rings. The molecule has 90 valence electrons. The molecular formula is C12H13NO4. The lowest BCUT2D eigenvalue weighted by Crippen LogP contribution is -2.35. The lowest BCUT2D eigenvalue weighted by molar-refractivity contribution is -0.145. The van der Waals surface area contributed by atoms with E-state index in [2.05, 4.69) is 0 Å². The molecule has 2 rings (SSSR count). The summed E-state index contributed by atoms with van der Waals surface area (Å²) in [5.74, 6) is -1.81. The Hall–Kier alpha value is -2.04. The number of rotatable bonds is 2. The fourth-order valence-corrected chi connectivity index (χ4v) is 2.19. The van der Waals surface area contributed by atoms with Crippen LogP contribution in [0.5, 0.6) is 5.75 Å². The molecule has 2 unspecified atom stereocenters. The van der Waals surface area contributed by atoms with Crippen LogP contribution in [-0.4, -0.2) is 40.1 Å². The monoisotopic (exact) mass is 235 g/mol. The number of phenolic OH excluding ortho intramolecular Hbond substituents is 1. The number of aliphatic carboxylic acids is 1. The number of benzene rings is 1. The molecule has 0 radical (unpaired) electrons. The number of likely N-dealkylation sites (N-methyl/N-ethyl adjacent to an activating group) is 1. The SMILES string of the molecule is CN1C(=O)C(c2ccccc2O)CC1C(=O)O. The van der Waals surface area contributed by atoms with Gasteiger partial charge in [0.15, 0.2) is 0 Å². The quantitative estimate of drug-likeness (QED) is 0.794. The molecule has 1 fully saturated rings. The first kappa shape index (κ1) is 11.4. The second-order valence-electron chi connectivity index (χ2n) is 4.15. The summed E-state index contributed by atoms with van der Waals surface area (Å²) in [6.07, 6.45) is 0.197. The van der Waals surface area contributed by atoms with Gasteiger partial charge in [0.05, 0.1) is 5.92 Å². The fraction of sp³-hybridized carbons (Fsp3) is 0.333. The Morgan fingerprint density at radius 2 is 2.06 bits per heavy atom. The molecule has 0 aliphatic carbocycles. The third-order valence-electron chi connectivity index (χ3n) is 3.17. The van der Waals surface area contributed by atoms with Crippen LogP contribution in [0.1, 0.15) is 17.9 Å². The van der Waals surface area contributed by atoms with Gasteiger partial charge in [-0.2, -0.15) is 0 Å². The first-order valence-electron chi connectivity index (χ1n) is 5.29. The van der Waals surface area contributed by atoms with Gasteiger partial charge in [0.1, 0.15) is 11.8 Å². The zero-order valence-electron chi connectivity index (χ0n) is 9.33. The maximum atomic E-state index is 11.9. The first-order valence-corrected chi connectivity index (χ1v) is 5.29. The number of amides is 1. The van der Waals surface area contributed by atoms with E-state index in [1.165, 1.54) is 18.0 Å². The second kappa shape index (κ2) is 4.08. The predicted molar refractivity (Wildman–Crippen MR) is 59.7 cm³/mol. The summed E-state index contributed by atoms with van der Waals surface area (Å²) in [5.41, 5.74) is 0.494. The number of carbonyl (C=O) groups is 2. The van der Waals surface area contributed by atoms with Crippen molar-refractivity contribution in [2.45, 2.75) is 18.4 Å². The average Bonchev–Trinajstić information content (AvgIpc) is 2.57. The molecule has 1 amide bonds. The molecule has 0 bridgehead atoms. The molecule has 17 heavy (non-hydrogen) atoms. The van der Waals surface area contributed by atoms with Crippen LogP contribution in [0.4, 0.5) is 0 Å². The third-order valence-corrected chi connectivity index (χ3v) is 3.17. The zero-order chi connectivity index (χ0) is 12.6. The van der Waals surface area contributed by atoms with Crippen LogP contribution in [0.25, 0.3) is 0 Å². The number of aromatic hydroxyl groups is 1. The number of hydrogen-bond acceptors (Lipinski definition) is 3. The number of para-hydroxylation sites is 1. The molecule has 0 spiro atoms. The number of carboxylic acids is 1. The van der Waals surface area contributed by atoms with E-state index in [0.29, 0.717) is 5.56 Å². The van der Waals surface area contributed by atoms with E-state index in [1.807, 2.05) is 0 Å². The summed E-state index contributed by atoms with van der Waals surface area (Å²) in [6, 6.07) is 5.71. The molecular weight excluding hydrogens is 222 g/mol. The van der Waals surface area contributed by atoms with Crippen molar-refractivity contribution >= 4 is 11.9 Å². The van der Waals surface area contributed by atoms with Crippen LogP contribution in [0.3, 0.4) is 0 Å². The summed E-state index contributed by atoms with van der Waals surface area (Å²) in [7, 11) is 1.47. The van der Waals surface area contributed by atoms with E-state index in [1.54, 1.807) is 18.2 Å². The minimum absolute atomic E-state index is 0.0327. The molecule has 1 heterocycles. The highest BCUT2D eigenvalue weighted by molar-refractivity contribution is 5.92. The molecule has 1 aliphatic rings. The smallest absolute Gasteiger partial charge is 0.326 e. The van der Waals surface area contributed by atoms with Gasteiger partial charge in [-0.1, -0.05) is 18.2 Å². The van der Waals surface area contributed by atoms with Crippen LogP contribution in [-0.2, 0) is 9.59 Å². The average molecular weight is 235 g/mol. The number of hydrogen-bond donors (Lipinski definition) is 2. The first-order chi connectivity index (χ1) is 8.02. The maximum absolute atomic E-state index is 11.9. The van der Waals surface area contributed by atoms with Crippen molar-refractivity contribution in [2.75, 3.05) is 7.05 Å². The third kappa shape index (κ3) is 1.84. The molecule has 1 saturated heterocycles. The van der Waals surface area contributed by atoms with Gasteiger partial charge in [-0.3, -0.25) is 4.79 Å². The van der Waals surface area contributed by atoms with Crippen LogP contribution in [0.15, 0.2) is 24.3 Å². The summed E-state index contributed by atoms with van der Waals surface area (Å²) in [5, 5.41) is 18.7. The second-order valence-corrected chi connectivity index (χ2v) is 4.15. The van der Waals surface area contributed by atoms with Gasteiger partial charge in [0, 0.05) is 12.6 Å². The highest BCUT2D eigenvalue weighted by atomic mass is 16.4. The van der Waals surface area contributed by atoms with Gasteiger partial charge < -0.3 is 15.1 Å². The zero-order valence-corrected chi connectivity index (χ0v) is 9.33. The molecule has 0 aromatic heterocycles. The van der Waals surface area contributed by atoms with Crippen molar-refractivity contribution in [1.29, 1.82) is 0 Å². The number of phenols is 1. The molecule has 1 aliphatic heterocycles. The molecule has 2 atom stereocenters. The van der Waals surface area contributed by atoms with Gasteiger partial charge in [-0.15, -0.1) is 0 Å². The Morgan fingerprint density at radius 1 is 1.41 bits per heavy atom. The molecule has 0 saturated carbocycles. The standard InChI is InChI=1S/C12H13NO4/c1-13-9(12(16)17)6-8(11(13)15)7-4-2-3-5-10(7)14/h2-5,8-9,14H,6H2,1H3,(H,16,17). The Kier molecular flexibility index (Phi) is 2.75. The lowest BCUT2D eigenvalue weighted by Gasteiger charge is -2.14. The van der Waals surface area contributed by atoms with E-state index >= 15 is 0 Å². The van der Waals surface area contributed by atoms with Gasteiger partial charge in [-0.05, 0) is 12.5 Å². The summed E-state index contributed by atoms with van der Waals surface area (Å²) < 4.78 is 0. The highest BCUT2D eigenvalue weighted by Crippen LogP contribution is 2.36. The van der Waals surface area contributed by atoms with E-state index in [-0.39, 0.29) is 18.1 Å². The maximum Gasteiger partial charge on any atom is 0.326 e. The topological polar surface area (TPSA) is 77.8 Å². The van der Waals surface area contributed by atoms with Crippen LogP contribution < -0.4 is 0 Å². The van der Waals surface area contributed by atoms with Crippen molar-refractivity contribution < 1.29 is 19.8 Å². The van der Waals surface area contributed by atoms with Gasteiger partial charge in [0.2, 0.25) is 5.91 Å². The largest absolute Gasteiger partial charge is 0.508 e. The number of carbonyl (C=O) groups excluding carboxylic acids is 1. The summed E-state index contributed by atoms with van der Waals surface area (Å²) >= 11 is 0. The van der Waals surface area contributed by atoms with Crippen LogP contribution in [0.2, 0.25) is 0 Å². The van der Waals surface area contributed by atoms with Crippen molar-refractivity contribution in [1.82, 2.24) is 4.90 Å². The van der Waals surface area contributed by atoms with Gasteiger partial charge in [0.25, 0.3) is 0 Å². The molecule has 1 aromatic carbocycles. The van der Waals surface area contributed by atoms with Gasteiger partial charge in [-0.25, -0.2) is 4.79 Å². The lowest BCUT2D eigenvalue weighted by atomic mass is 9.95. The highest BCUT2D eigenvalue weighted by Gasteiger charge is 2.42. The van der Waals surface area contributed by atoms with E-state index < -0.39 is 17.9 Å². The van der Waals surface area contributed by atoms with E-state index in [0.717, 1.165) is 0 Å². The summed E-state index contributed by atoms with van der Waals surface area (Å²) in [4.78, 5) is 24.1. The van der Waals surface area contributed by atoms with Crippen molar-refractivity contribution in [2.24, 2.45) is 0 Å². The van der Waals surface area contributed by atoms with Crippen molar-refractivity contribution in [3.8, 4) is 5.75 Å². The van der Waals surface area contributed by atoms with Crippen molar-refractivity contribution in [3.63, 3.8) is 0 Å². The normalized spacial score (nSPS) is 24.1. The Bertz CT molecular complexity index is 471. The minimum atomic E-state index is -1.02. The number of likely N-dealkylation sites (tertiary alicyclic amines) is 1. The molecule has 5 heteroatoms. The van der Waals surface area contributed by atoms with Crippen LogP contribution in [0, 0.1) is 0 Å². The fourth-order valence-electron chi connectivity index (χ4n) is 2.19. The summed E-state index contributed by atoms with van der Waals surface area (Å²) in [6.45, 7) is 0. The van der Waals surface area contributed by atoms with Gasteiger partial charge >= 0.3 is 5.97 Å². The van der Waals surface area contributed by atoms with Crippen LogP contribution >= 0.6 is 0 Å². The number of carboxylic acid groups (broad SMARTS) is 1. The minimum Gasteiger partial charge on any atom is -0.508 e. The van der Waals surface area contributed by atoms with E-state index in [4.69, 9.17) is 5.11 Å². The molecule has 5 nitrogen and oxygen atoms in total. The van der Waals surface area contributed by atoms with Crippen molar-refractivity contribution in [3.05, 3.63) is 29.8 Å².